The van der Waals surface area contributed by atoms with Crippen LogP contribution < -0.4 is 0 Å². The highest BCUT2D eigenvalue weighted by atomic mass is 16.2. The summed E-state index contributed by atoms with van der Waals surface area (Å²) >= 11 is 0. The standard InChI is InChI=1S/C13H15N3O/c17-13(16-6-2-1-3-7-16)10-4-5-11-9-14-15-12(11)8-10/h4-5,8-9H,1-3,6-7H2,(H,14,15). The molecular weight excluding hydrogens is 214 g/mol. The van der Waals surface area contributed by atoms with Crippen LogP contribution in [0, 0.1) is 0 Å². The molecule has 1 amide bonds. The van der Waals surface area contributed by atoms with Crippen LogP contribution in [0.25, 0.3) is 10.9 Å². The lowest BCUT2D eigenvalue weighted by molar-refractivity contribution is 0.0724. The van der Waals surface area contributed by atoms with Crippen LogP contribution in [0.3, 0.4) is 0 Å². The van der Waals surface area contributed by atoms with Crippen molar-refractivity contribution < 1.29 is 4.79 Å². The number of hydrogen-bond donors (Lipinski definition) is 1. The first kappa shape index (κ1) is 10.3. The van der Waals surface area contributed by atoms with Gasteiger partial charge in [-0.15, -0.1) is 0 Å². The molecule has 17 heavy (non-hydrogen) atoms. The molecule has 2 aromatic rings. The lowest BCUT2D eigenvalue weighted by Gasteiger charge is -2.26. The molecule has 1 N–H and O–H groups in total. The predicted octanol–water partition coefficient (Wildman–Crippen LogP) is 2.19. The molecule has 4 nitrogen and oxygen atoms in total. The van der Waals surface area contributed by atoms with E-state index in [-0.39, 0.29) is 5.91 Å². The number of carbonyl (C=O) groups is 1. The van der Waals surface area contributed by atoms with Gasteiger partial charge in [0, 0.05) is 24.0 Å². The van der Waals surface area contributed by atoms with Crippen LogP contribution in [-0.4, -0.2) is 34.1 Å². The van der Waals surface area contributed by atoms with E-state index in [1.165, 1.54) is 6.42 Å². The second kappa shape index (κ2) is 4.20. The number of amides is 1. The molecule has 0 bridgehead atoms. The van der Waals surface area contributed by atoms with E-state index in [0.29, 0.717) is 0 Å². The Hall–Kier alpha value is -1.84. The first-order valence-electron chi connectivity index (χ1n) is 6.07. The Bertz CT molecular complexity index is 540. The number of H-pyrrole nitrogens is 1. The van der Waals surface area contributed by atoms with Gasteiger partial charge in [-0.2, -0.15) is 5.10 Å². The molecule has 0 radical (unpaired) electrons. The third-order valence-corrected chi connectivity index (χ3v) is 3.33. The van der Waals surface area contributed by atoms with Gasteiger partial charge in [0.05, 0.1) is 11.7 Å². The summed E-state index contributed by atoms with van der Waals surface area (Å²) in [6, 6.07) is 5.71. The van der Waals surface area contributed by atoms with Gasteiger partial charge in [-0.1, -0.05) is 6.07 Å². The monoisotopic (exact) mass is 229 g/mol. The Kier molecular flexibility index (Phi) is 2.55. The van der Waals surface area contributed by atoms with Gasteiger partial charge in [-0.25, -0.2) is 0 Å². The van der Waals surface area contributed by atoms with Gasteiger partial charge in [-0.05, 0) is 31.4 Å². The number of carbonyl (C=O) groups excluding carboxylic acids is 1. The van der Waals surface area contributed by atoms with Gasteiger partial charge in [0.25, 0.3) is 5.91 Å². The highest BCUT2D eigenvalue weighted by molar-refractivity contribution is 5.97. The van der Waals surface area contributed by atoms with E-state index in [1.54, 1.807) is 6.20 Å². The fourth-order valence-electron chi connectivity index (χ4n) is 2.35. The van der Waals surface area contributed by atoms with Gasteiger partial charge < -0.3 is 4.90 Å². The van der Waals surface area contributed by atoms with Crippen LogP contribution in [0.15, 0.2) is 24.4 Å². The van der Waals surface area contributed by atoms with E-state index in [1.807, 2.05) is 23.1 Å². The molecule has 0 spiro atoms. The summed E-state index contributed by atoms with van der Waals surface area (Å²) in [5.41, 5.74) is 1.68. The minimum atomic E-state index is 0.140. The summed E-state index contributed by atoms with van der Waals surface area (Å²) in [6.07, 6.45) is 5.25. The van der Waals surface area contributed by atoms with Crippen LogP contribution in [0.5, 0.6) is 0 Å². The molecule has 1 aromatic heterocycles. The minimum Gasteiger partial charge on any atom is -0.339 e. The van der Waals surface area contributed by atoms with Crippen LogP contribution in [0.4, 0.5) is 0 Å². The summed E-state index contributed by atoms with van der Waals surface area (Å²) in [6.45, 7) is 1.78. The van der Waals surface area contributed by atoms with Gasteiger partial charge >= 0.3 is 0 Å². The first-order chi connectivity index (χ1) is 8.34. The van der Waals surface area contributed by atoms with Crippen molar-refractivity contribution >= 4 is 16.8 Å². The fraction of sp³-hybridized carbons (Fsp3) is 0.385. The Morgan fingerprint density at radius 3 is 2.88 bits per heavy atom. The topological polar surface area (TPSA) is 49.0 Å². The number of rotatable bonds is 1. The minimum absolute atomic E-state index is 0.140. The number of nitrogens with one attached hydrogen (secondary N) is 1. The second-order valence-electron chi connectivity index (χ2n) is 4.52. The lowest BCUT2D eigenvalue weighted by Crippen LogP contribution is -2.35. The summed E-state index contributed by atoms with van der Waals surface area (Å²) < 4.78 is 0. The molecule has 0 atom stereocenters. The summed E-state index contributed by atoms with van der Waals surface area (Å²) in [7, 11) is 0. The molecule has 1 aromatic carbocycles. The van der Waals surface area contributed by atoms with E-state index >= 15 is 0 Å². The molecule has 1 aliphatic heterocycles. The Balaban J connectivity index is 1.88. The molecule has 88 valence electrons. The Morgan fingerprint density at radius 2 is 2.06 bits per heavy atom. The number of aromatic amines is 1. The van der Waals surface area contributed by atoms with E-state index in [2.05, 4.69) is 10.2 Å². The molecule has 1 fully saturated rings. The highest BCUT2D eigenvalue weighted by Crippen LogP contribution is 2.17. The van der Waals surface area contributed by atoms with Crippen molar-refractivity contribution in [1.82, 2.24) is 15.1 Å². The van der Waals surface area contributed by atoms with Gasteiger partial charge in [0.1, 0.15) is 0 Å². The number of aromatic nitrogens is 2. The first-order valence-corrected chi connectivity index (χ1v) is 6.07. The Morgan fingerprint density at radius 1 is 1.24 bits per heavy atom. The van der Waals surface area contributed by atoms with E-state index < -0.39 is 0 Å². The normalized spacial score (nSPS) is 16.4. The van der Waals surface area contributed by atoms with Crippen LogP contribution in [0.2, 0.25) is 0 Å². The maximum atomic E-state index is 12.3. The van der Waals surface area contributed by atoms with E-state index in [9.17, 15) is 4.79 Å². The Labute approximate surface area is 99.6 Å². The zero-order valence-corrected chi connectivity index (χ0v) is 9.65. The smallest absolute Gasteiger partial charge is 0.253 e. The van der Waals surface area contributed by atoms with Gasteiger partial charge in [-0.3, -0.25) is 9.89 Å². The summed E-state index contributed by atoms with van der Waals surface area (Å²) in [5, 5.41) is 7.90. The third-order valence-electron chi connectivity index (χ3n) is 3.33. The maximum absolute atomic E-state index is 12.3. The zero-order valence-electron chi connectivity index (χ0n) is 9.65. The third kappa shape index (κ3) is 1.90. The highest BCUT2D eigenvalue weighted by Gasteiger charge is 2.18. The molecule has 1 aliphatic rings. The average molecular weight is 229 g/mol. The molecule has 1 saturated heterocycles. The van der Waals surface area contributed by atoms with Crippen molar-refractivity contribution in [2.45, 2.75) is 19.3 Å². The summed E-state index contributed by atoms with van der Waals surface area (Å²) in [4.78, 5) is 14.2. The number of nitrogens with zero attached hydrogens (tertiary/aromatic N) is 2. The quantitative estimate of drug-likeness (QED) is 0.814. The maximum Gasteiger partial charge on any atom is 0.253 e. The van der Waals surface area contributed by atoms with Crippen molar-refractivity contribution in [3.63, 3.8) is 0 Å². The van der Waals surface area contributed by atoms with Crippen molar-refractivity contribution in [3.05, 3.63) is 30.0 Å². The van der Waals surface area contributed by atoms with Crippen molar-refractivity contribution in [2.75, 3.05) is 13.1 Å². The molecule has 4 heteroatoms. The van der Waals surface area contributed by atoms with Crippen LogP contribution >= 0.6 is 0 Å². The van der Waals surface area contributed by atoms with E-state index in [0.717, 1.165) is 42.4 Å². The fourth-order valence-corrected chi connectivity index (χ4v) is 2.35. The van der Waals surface area contributed by atoms with Crippen molar-refractivity contribution in [1.29, 1.82) is 0 Å². The molecule has 0 saturated carbocycles. The molecular formula is C13H15N3O. The molecule has 2 heterocycles. The summed E-state index contributed by atoms with van der Waals surface area (Å²) in [5.74, 6) is 0.140. The lowest BCUT2D eigenvalue weighted by atomic mass is 10.1. The number of benzene rings is 1. The molecule has 0 aliphatic carbocycles. The SMILES string of the molecule is O=C(c1ccc2cn[nH]c2c1)N1CCCCC1. The van der Waals surface area contributed by atoms with Gasteiger partial charge in [0.15, 0.2) is 0 Å². The van der Waals surface area contributed by atoms with E-state index in [4.69, 9.17) is 0 Å². The number of fused-ring (bicyclic) bond motifs is 1. The van der Waals surface area contributed by atoms with Gasteiger partial charge in [0.2, 0.25) is 0 Å². The number of likely N-dealkylation sites (tertiary alicyclic amines) is 1. The second-order valence-corrected chi connectivity index (χ2v) is 4.52. The largest absolute Gasteiger partial charge is 0.339 e. The molecule has 0 unspecified atom stereocenters. The van der Waals surface area contributed by atoms with Crippen LogP contribution in [0.1, 0.15) is 29.6 Å². The van der Waals surface area contributed by atoms with Crippen LogP contribution in [-0.2, 0) is 0 Å². The average Bonchev–Trinajstić information content (AvgIpc) is 2.86. The predicted molar refractivity (Wildman–Crippen MR) is 65.8 cm³/mol. The molecule has 3 rings (SSSR count). The zero-order chi connectivity index (χ0) is 11.7. The number of piperidine rings is 1. The van der Waals surface area contributed by atoms with Crippen molar-refractivity contribution in [3.8, 4) is 0 Å². The number of hydrogen-bond acceptors (Lipinski definition) is 2. The van der Waals surface area contributed by atoms with Crippen molar-refractivity contribution in [2.24, 2.45) is 0 Å².